The summed E-state index contributed by atoms with van der Waals surface area (Å²) in [6, 6.07) is 24.8. The van der Waals surface area contributed by atoms with Crippen molar-refractivity contribution in [2.24, 2.45) is 11.8 Å². The molecule has 1 saturated heterocycles. The minimum Gasteiger partial charge on any atom is -0.358 e. The van der Waals surface area contributed by atoms with Crippen LogP contribution in [0.3, 0.4) is 0 Å². The molecule has 3 aliphatic rings. The number of carbonyl (C=O) groups is 1. The van der Waals surface area contributed by atoms with Gasteiger partial charge < -0.3 is 4.90 Å². The molecule has 2 heterocycles. The third-order valence-electron chi connectivity index (χ3n) is 7.05. The second-order valence-corrected chi connectivity index (χ2v) is 8.96. The largest absolute Gasteiger partial charge is 0.358 e. The number of hydrogen-bond acceptors (Lipinski definition) is 5. The summed E-state index contributed by atoms with van der Waals surface area (Å²) in [6.07, 6.45) is 7.40. The van der Waals surface area contributed by atoms with E-state index in [1.54, 1.807) is 12.3 Å². The van der Waals surface area contributed by atoms with Crippen LogP contribution >= 0.6 is 0 Å². The van der Waals surface area contributed by atoms with Gasteiger partial charge in [0.1, 0.15) is 23.8 Å². The van der Waals surface area contributed by atoms with Crippen molar-refractivity contribution in [2.45, 2.75) is 30.8 Å². The van der Waals surface area contributed by atoms with Crippen molar-refractivity contribution >= 4 is 5.78 Å². The Morgan fingerprint density at radius 1 is 0.912 bits per heavy atom. The number of carbonyl (C=O) groups excluding carboxylic acids is 1. The van der Waals surface area contributed by atoms with E-state index in [4.69, 9.17) is 0 Å². The van der Waals surface area contributed by atoms with Gasteiger partial charge in [0.25, 0.3) is 0 Å². The minimum absolute atomic E-state index is 0.0311. The Kier molecular flexibility index (Phi) is 5.59. The lowest BCUT2D eigenvalue weighted by Crippen LogP contribution is -2.39. The van der Waals surface area contributed by atoms with E-state index in [0.717, 1.165) is 24.0 Å². The molecule has 2 aliphatic heterocycles. The second kappa shape index (κ2) is 8.86. The maximum absolute atomic E-state index is 14.0. The van der Waals surface area contributed by atoms with E-state index < -0.39 is 6.04 Å². The molecule has 0 N–H and O–H groups in total. The van der Waals surface area contributed by atoms with Gasteiger partial charge in [0.05, 0.1) is 17.7 Å². The standard InChI is InChI=1S/C29H22N4O/c30-15-19-11-14-24-27(25(21-12-13-21)23(16-31)17-32)26(20-7-3-1-4-8-20)28(33(24)18-19)29(34)22-9-5-2-6-10-22/h1-11,14,18,21,24,26-28H,12-13H2/t24-,26-,27-,28+/m1/s1. The Morgan fingerprint density at radius 2 is 1.56 bits per heavy atom. The maximum atomic E-state index is 14.0. The molecule has 5 rings (SSSR count). The molecule has 34 heavy (non-hydrogen) atoms. The summed E-state index contributed by atoms with van der Waals surface area (Å²) in [6.45, 7) is 0. The summed E-state index contributed by atoms with van der Waals surface area (Å²) in [4.78, 5) is 16.0. The lowest BCUT2D eigenvalue weighted by Gasteiger charge is -2.31. The lowest BCUT2D eigenvalue weighted by atomic mass is 9.73. The molecule has 4 atom stereocenters. The van der Waals surface area contributed by atoms with Crippen molar-refractivity contribution < 1.29 is 4.79 Å². The summed E-state index contributed by atoms with van der Waals surface area (Å²) in [5, 5.41) is 29.3. The fourth-order valence-electron chi connectivity index (χ4n) is 5.53. The Balaban J connectivity index is 1.75. The van der Waals surface area contributed by atoms with Gasteiger partial charge in [-0.2, -0.15) is 15.8 Å². The van der Waals surface area contributed by atoms with E-state index >= 15 is 0 Å². The van der Waals surface area contributed by atoms with Crippen LogP contribution in [0.4, 0.5) is 0 Å². The topological polar surface area (TPSA) is 91.7 Å². The molecule has 5 heteroatoms. The van der Waals surface area contributed by atoms with Crippen molar-refractivity contribution in [3.8, 4) is 18.2 Å². The van der Waals surface area contributed by atoms with Gasteiger partial charge in [0, 0.05) is 23.6 Å². The van der Waals surface area contributed by atoms with Crippen LogP contribution in [0.25, 0.3) is 0 Å². The van der Waals surface area contributed by atoms with E-state index in [2.05, 4.69) is 18.2 Å². The predicted octanol–water partition coefficient (Wildman–Crippen LogP) is 5.05. The first-order valence-corrected chi connectivity index (χ1v) is 11.4. The molecule has 2 fully saturated rings. The SMILES string of the molecule is N#CC1=CN2[C@H](C=C1)[C@H](C(=C(C#N)C#N)C1CC1)[C@@H](c1ccccc1)[C@H]2C(=O)c1ccccc1. The Hall–Kier alpha value is -4.40. The van der Waals surface area contributed by atoms with Crippen LogP contribution in [0.5, 0.6) is 0 Å². The summed E-state index contributed by atoms with van der Waals surface area (Å²) in [5.74, 6) is -0.358. The van der Waals surface area contributed by atoms with Crippen LogP contribution in [-0.2, 0) is 0 Å². The molecule has 0 spiro atoms. The van der Waals surface area contributed by atoms with Gasteiger partial charge in [-0.15, -0.1) is 0 Å². The predicted molar refractivity (Wildman–Crippen MR) is 127 cm³/mol. The highest BCUT2D eigenvalue weighted by molar-refractivity contribution is 6.01. The monoisotopic (exact) mass is 442 g/mol. The Morgan fingerprint density at radius 3 is 2.15 bits per heavy atom. The van der Waals surface area contributed by atoms with E-state index in [-0.39, 0.29) is 35.2 Å². The average Bonchev–Trinajstić information content (AvgIpc) is 3.68. The molecule has 2 aromatic rings. The van der Waals surface area contributed by atoms with Crippen molar-refractivity contribution in [3.63, 3.8) is 0 Å². The van der Waals surface area contributed by atoms with E-state index in [1.807, 2.05) is 71.6 Å². The van der Waals surface area contributed by atoms with Gasteiger partial charge in [-0.3, -0.25) is 4.79 Å². The first-order valence-electron chi connectivity index (χ1n) is 11.4. The quantitative estimate of drug-likeness (QED) is 0.477. The van der Waals surface area contributed by atoms with Crippen LogP contribution in [0.1, 0.15) is 34.7 Å². The van der Waals surface area contributed by atoms with Crippen molar-refractivity contribution in [1.82, 2.24) is 4.90 Å². The molecule has 2 aromatic carbocycles. The van der Waals surface area contributed by atoms with Crippen LogP contribution < -0.4 is 0 Å². The molecule has 1 saturated carbocycles. The zero-order chi connectivity index (χ0) is 23.7. The number of ketones is 1. The third kappa shape index (κ3) is 3.61. The van der Waals surface area contributed by atoms with Gasteiger partial charge in [-0.25, -0.2) is 0 Å². The molecular weight excluding hydrogens is 420 g/mol. The molecule has 0 bridgehead atoms. The maximum Gasteiger partial charge on any atom is 0.185 e. The Labute approximate surface area is 199 Å². The normalized spacial score (nSPS) is 24.7. The van der Waals surface area contributed by atoms with Gasteiger partial charge in [0.2, 0.25) is 0 Å². The van der Waals surface area contributed by atoms with E-state index in [0.29, 0.717) is 11.1 Å². The van der Waals surface area contributed by atoms with Crippen LogP contribution in [0, 0.1) is 45.8 Å². The Bertz CT molecular complexity index is 1310. The number of allylic oxidation sites excluding steroid dienone is 3. The number of nitriles is 3. The lowest BCUT2D eigenvalue weighted by molar-refractivity contribution is 0.0881. The van der Waals surface area contributed by atoms with Gasteiger partial charge in [-0.05, 0) is 36.0 Å². The second-order valence-electron chi connectivity index (χ2n) is 8.96. The molecule has 0 radical (unpaired) electrons. The van der Waals surface area contributed by atoms with Gasteiger partial charge in [-0.1, -0.05) is 66.7 Å². The molecule has 1 aliphatic carbocycles. The fourth-order valence-corrected chi connectivity index (χ4v) is 5.53. The summed E-state index contributed by atoms with van der Waals surface area (Å²) >= 11 is 0. The summed E-state index contributed by atoms with van der Waals surface area (Å²) < 4.78 is 0. The van der Waals surface area contributed by atoms with Gasteiger partial charge in [0.15, 0.2) is 5.78 Å². The number of rotatable bonds is 5. The number of fused-ring (bicyclic) bond motifs is 1. The third-order valence-corrected chi connectivity index (χ3v) is 7.05. The van der Waals surface area contributed by atoms with Crippen molar-refractivity contribution in [2.75, 3.05) is 0 Å². The number of nitrogens with zero attached hydrogens (tertiary/aromatic N) is 4. The molecule has 0 amide bonds. The molecular formula is C29H22N4O. The highest BCUT2D eigenvalue weighted by atomic mass is 16.1. The first kappa shape index (κ1) is 21.4. The van der Waals surface area contributed by atoms with Crippen LogP contribution in [0.2, 0.25) is 0 Å². The highest BCUT2D eigenvalue weighted by Gasteiger charge is 2.55. The van der Waals surface area contributed by atoms with E-state index in [1.165, 1.54) is 0 Å². The average molecular weight is 443 g/mol. The summed E-state index contributed by atoms with van der Waals surface area (Å²) in [5.41, 5.74) is 3.09. The molecule has 0 aromatic heterocycles. The number of hydrogen-bond donors (Lipinski definition) is 0. The van der Waals surface area contributed by atoms with Crippen LogP contribution in [-0.4, -0.2) is 22.8 Å². The van der Waals surface area contributed by atoms with Crippen molar-refractivity contribution in [1.29, 1.82) is 15.8 Å². The highest BCUT2D eigenvalue weighted by Crippen LogP contribution is 2.54. The fraction of sp³-hybridized carbons (Fsp3) is 0.241. The first-order chi connectivity index (χ1) is 16.7. The van der Waals surface area contributed by atoms with Gasteiger partial charge >= 0.3 is 0 Å². The van der Waals surface area contributed by atoms with E-state index in [9.17, 15) is 20.6 Å². The molecule has 164 valence electrons. The number of Topliss-reactive ketones (excluding diaryl/α,β-unsaturated/α-hetero) is 1. The smallest absolute Gasteiger partial charge is 0.185 e. The van der Waals surface area contributed by atoms with Crippen LogP contribution in [0.15, 0.2) is 95.7 Å². The van der Waals surface area contributed by atoms with Crippen molar-refractivity contribution in [3.05, 3.63) is 107 Å². The zero-order valence-corrected chi connectivity index (χ0v) is 18.5. The minimum atomic E-state index is -0.569. The molecule has 5 nitrogen and oxygen atoms in total. The summed E-state index contributed by atoms with van der Waals surface area (Å²) in [7, 11) is 0. The zero-order valence-electron chi connectivity index (χ0n) is 18.5. The number of benzene rings is 2. The molecule has 0 unspecified atom stereocenters.